The second-order valence-corrected chi connectivity index (χ2v) is 10.3. The van der Waals surface area contributed by atoms with E-state index in [1.165, 1.54) is 12.8 Å². The summed E-state index contributed by atoms with van der Waals surface area (Å²) in [7, 11) is 0. The molecule has 1 aromatic carbocycles. The lowest BCUT2D eigenvalue weighted by Gasteiger charge is -2.30. The molecule has 9 nitrogen and oxygen atoms in total. The molecular formula is C29H33N7O2. The number of benzene rings is 1. The fourth-order valence-electron chi connectivity index (χ4n) is 5.42. The van der Waals surface area contributed by atoms with Crippen molar-refractivity contribution < 1.29 is 9.53 Å². The number of nitrogens with one attached hydrogen (secondary N) is 2. The first kappa shape index (κ1) is 24.5. The van der Waals surface area contributed by atoms with Gasteiger partial charge in [0.1, 0.15) is 23.5 Å². The van der Waals surface area contributed by atoms with E-state index < -0.39 is 0 Å². The van der Waals surface area contributed by atoms with Crippen molar-refractivity contribution in [3.05, 3.63) is 66.2 Å². The third-order valence-corrected chi connectivity index (χ3v) is 7.37. The smallest absolute Gasteiger partial charge is 0.274 e. The van der Waals surface area contributed by atoms with Crippen molar-refractivity contribution in [3.8, 4) is 11.3 Å². The second-order valence-electron chi connectivity index (χ2n) is 10.3. The predicted molar refractivity (Wildman–Crippen MR) is 148 cm³/mol. The molecule has 6 rings (SSSR count). The van der Waals surface area contributed by atoms with Gasteiger partial charge in [-0.2, -0.15) is 0 Å². The molecule has 1 atom stereocenters. The number of anilines is 2. The Hall–Kier alpha value is -3.82. The molecule has 0 bridgehead atoms. The largest absolute Gasteiger partial charge is 0.378 e. The normalized spacial score (nSPS) is 18.6. The molecule has 4 aromatic rings. The van der Waals surface area contributed by atoms with Crippen molar-refractivity contribution in [1.82, 2.24) is 24.8 Å². The Labute approximate surface area is 222 Å². The van der Waals surface area contributed by atoms with Gasteiger partial charge in [-0.1, -0.05) is 19.1 Å². The maximum atomic E-state index is 12.9. The number of carbonyl (C=O) groups is 1. The van der Waals surface area contributed by atoms with E-state index in [4.69, 9.17) is 4.74 Å². The molecular weight excluding hydrogens is 478 g/mol. The maximum absolute atomic E-state index is 12.9. The van der Waals surface area contributed by atoms with Crippen molar-refractivity contribution >= 4 is 28.4 Å². The highest BCUT2D eigenvalue weighted by Gasteiger charge is 2.19. The molecule has 2 aliphatic rings. The van der Waals surface area contributed by atoms with Crippen LogP contribution in [-0.4, -0.2) is 70.1 Å². The number of piperidine rings is 1. The summed E-state index contributed by atoms with van der Waals surface area (Å²) in [6.45, 7) is 8.40. The van der Waals surface area contributed by atoms with Crippen LogP contribution in [0.1, 0.15) is 35.8 Å². The van der Waals surface area contributed by atoms with Gasteiger partial charge < -0.3 is 19.9 Å². The Morgan fingerprint density at radius 2 is 1.92 bits per heavy atom. The summed E-state index contributed by atoms with van der Waals surface area (Å²) in [5.74, 6) is 1.44. The summed E-state index contributed by atoms with van der Waals surface area (Å²) in [5.41, 5.74) is 5.04. The van der Waals surface area contributed by atoms with E-state index in [-0.39, 0.29) is 5.91 Å². The van der Waals surface area contributed by atoms with E-state index in [0.717, 1.165) is 78.0 Å². The van der Waals surface area contributed by atoms with Gasteiger partial charge in [0.25, 0.3) is 5.91 Å². The highest BCUT2D eigenvalue weighted by Crippen LogP contribution is 2.29. The van der Waals surface area contributed by atoms with Gasteiger partial charge >= 0.3 is 0 Å². The van der Waals surface area contributed by atoms with Crippen LogP contribution < -0.4 is 10.2 Å². The molecule has 1 amide bonds. The zero-order chi connectivity index (χ0) is 25.9. The van der Waals surface area contributed by atoms with Gasteiger partial charge in [-0.05, 0) is 66.8 Å². The van der Waals surface area contributed by atoms with Crippen LogP contribution in [0, 0.1) is 5.92 Å². The van der Waals surface area contributed by atoms with Crippen LogP contribution in [0.15, 0.2) is 55.0 Å². The van der Waals surface area contributed by atoms with Crippen LogP contribution in [0.3, 0.4) is 0 Å². The standard InChI is InChI=1S/C29H33N7O2/c1-20-3-2-10-35(17-20)18-21-8-9-30-26(15-21)29(37)33-23-6-4-22(5-7-23)25-16-24-27(34-25)31-19-32-28(24)36-11-13-38-14-12-36/h4-9,15-16,19-20H,2-3,10-14,17-18H2,1H3,(H,33,37)(H,31,32,34)/t20-/m1/s1. The van der Waals surface area contributed by atoms with Gasteiger partial charge in [-0.25, -0.2) is 9.97 Å². The Morgan fingerprint density at radius 3 is 2.74 bits per heavy atom. The molecule has 2 saturated heterocycles. The molecule has 2 fully saturated rings. The number of pyridine rings is 1. The zero-order valence-electron chi connectivity index (χ0n) is 21.7. The average Bonchev–Trinajstić information content (AvgIpc) is 3.39. The number of aromatic nitrogens is 4. The fourth-order valence-corrected chi connectivity index (χ4v) is 5.42. The van der Waals surface area contributed by atoms with Gasteiger partial charge in [-0.3, -0.25) is 14.7 Å². The van der Waals surface area contributed by atoms with Crippen LogP contribution in [-0.2, 0) is 11.3 Å². The lowest BCUT2D eigenvalue weighted by molar-refractivity contribution is 0.102. The molecule has 0 spiro atoms. The molecule has 0 aliphatic carbocycles. The van der Waals surface area contributed by atoms with E-state index in [9.17, 15) is 4.79 Å². The van der Waals surface area contributed by atoms with Gasteiger partial charge in [0.15, 0.2) is 0 Å². The number of likely N-dealkylation sites (tertiary alicyclic amines) is 1. The quantitative estimate of drug-likeness (QED) is 0.397. The maximum Gasteiger partial charge on any atom is 0.274 e. The first-order valence-electron chi connectivity index (χ1n) is 13.4. The third-order valence-electron chi connectivity index (χ3n) is 7.37. The Morgan fingerprint density at radius 1 is 1.08 bits per heavy atom. The number of H-pyrrole nitrogens is 1. The van der Waals surface area contributed by atoms with Crippen LogP contribution in [0.4, 0.5) is 11.5 Å². The van der Waals surface area contributed by atoms with Crippen molar-refractivity contribution in [2.75, 3.05) is 49.6 Å². The Bertz CT molecular complexity index is 1410. The summed E-state index contributed by atoms with van der Waals surface area (Å²) in [5, 5.41) is 3.98. The average molecular weight is 512 g/mol. The number of hydrogen-bond acceptors (Lipinski definition) is 7. The summed E-state index contributed by atoms with van der Waals surface area (Å²) in [6, 6.07) is 13.8. The molecule has 0 saturated carbocycles. The molecule has 196 valence electrons. The summed E-state index contributed by atoms with van der Waals surface area (Å²) >= 11 is 0. The lowest BCUT2D eigenvalue weighted by atomic mass is 10.00. The van der Waals surface area contributed by atoms with Crippen LogP contribution >= 0.6 is 0 Å². The summed E-state index contributed by atoms with van der Waals surface area (Å²) < 4.78 is 5.49. The minimum Gasteiger partial charge on any atom is -0.378 e. The van der Waals surface area contributed by atoms with E-state index in [2.05, 4.69) is 48.0 Å². The first-order valence-corrected chi connectivity index (χ1v) is 13.4. The van der Waals surface area contributed by atoms with Crippen molar-refractivity contribution in [2.45, 2.75) is 26.3 Å². The number of nitrogens with zero attached hydrogens (tertiary/aromatic N) is 5. The number of fused-ring (bicyclic) bond motifs is 1. The number of rotatable bonds is 6. The Kier molecular flexibility index (Phi) is 7.02. The lowest BCUT2D eigenvalue weighted by Crippen LogP contribution is -2.36. The van der Waals surface area contributed by atoms with Crippen LogP contribution in [0.25, 0.3) is 22.3 Å². The van der Waals surface area contributed by atoms with Crippen LogP contribution in [0.2, 0.25) is 0 Å². The van der Waals surface area contributed by atoms with Crippen molar-refractivity contribution in [1.29, 1.82) is 0 Å². The van der Waals surface area contributed by atoms with Gasteiger partial charge in [0.05, 0.1) is 18.6 Å². The van der Waals surface area contributed by atoms with Gasteiger partial charge in [0, 0.05) is 43.8 Å². The number of hydrogen-bond donors (Lipinski definition) is 2. The molecule has 9 heteroatoms. The predicted octanol–water partition coefficient (Wildman–Crippen LogP) is 4.34. The van der Waals surface area contributed by atoms with Crippen molar-refractivity contribution in [3.63, 3.8) is 0 Å². The zero-order valence-corrected chi connectivity index (χ0v) is 21.7. The van der Waals surface area contributed by atoms with E-state index in [1.54, 1.807) is 12.5 Å². The number of amides is 1. The minimum absolute atomic E-state index is 0.206. The first-order chi connectivity index (χ1) is 18.6. The molecule has 38 heavy (non-hydrogen) atoms. The Balaban J connectivity index is 1.14. The van der Waals surface area contributed by atoms with E-state index >= 15 is 0 Å². The SMILES string of the molecule is C[C@@H]1CCCN(Cc2ccnc(C(=O)Nc3ccc(-c4cc5c(N6CCOCC6)ncnc5[nH]4)cc3)c2)C1. The molecule has 2 aliphatic heterocycles. The molecule has 0 radical (unpaired) electrons. The fraction of sp³-hybridized carbons (Fsp3) is 0.379. The summed E-state index contributed by atoms with van der Waals surface area (Å²) in [4.78, 5) is 34.3. The van der Waals surface area contributed by atoms with E-state index in [0.29, 0.717) is 18.9 Å². The van der Waals surface area contributed by atoms with E-state index in [1.807, 2.05) is 36.4 Å². The number of carbonyl (C=O) groups excluding carboxylic acids is 1. The number of morpholine rings is 1. The van der Waals surface area contributed by atoms with Gasteiger partial charge in [-0.15, -0.1) is 0 Å². The highest BCUT2D eigenvalue weighted by molar-refractivity contribution is 6.03. The second kappa shape index (κ2) is 10.9. The number of aromatic amines is 1. The monoisotopic (exact) mass is 511 g/mol. The highest BCUT2D eigenvalue weighted by atomic mass is 16.5. The molecule has 0 unspecified atom stereocenters. The minimum atomic E-state index is -0.206. The topological polar surface area (TPSA) is 99.3 Å². The van der Waals surface area contributed by atoms with Crippen LogP contribution in [0.5, 0.6) is 0 Å². The molecule has 3 aromatic heterocycles. The van der Waals surface area contributed by atoms with Gasteiger partial charge in [0.2, 0.25) is 0 Å². The third kappa shape index (κ3) is 5.39. The summed E-state index contributed by atoms with van der Waals surface area (Å²) in [6.07, 6.45) is 5.85. The molecule has 5 heterocycles. The number of ether oxygens (including phenoxy) is 1. The van der Waals surface area contributed by atoms with Crippen molar-refractivity contribution in [2.24, 2.45) is 5.92 Å². The molecule has 2 N–H and O–H groups in total.